The lowest BCUT2D eigenvalue weighted by molar-refractivity contribution is 0.0437. The van der Waals surface area contributed by atoms with Crippen molar-refractivity contribution in [3.8, 4) is 0 Å². The molecule has 1 saturated heterocycles. The van der Waals surface area contributed by atoms with Gasteiger partial charge in [0.25, 0.3) is 0 Å². The fourth-order valence-corrected chi connectivity index (χ4v) is 2.81. The van der Waals surface area contributed by atoms with E-state index in [1.54, 1.807) is 0 Å². The van der Waals surface area contributed by atoms with E-state index < -0.39 is 12.2 Å². The summed E-state index contributed by atoms with van der Waals surface area (Å²) in [7, 11) is 0. The quantitative estimate of drug-likeness (QED) is 0.878. The zero-order valence-corrected chi connectivity index (χ0v) is 13.5. The fraction of sp³-hybridized carbons (Fsp3) is 0.588. The molecule has 0 aromatic heterocycles. The number of para-hydroxylation sites is 1. The number of aryl methyl sites for hydroxylation is 2. The van der Waals surface area contributed by atoms with E-state index in [2.05, 4.69) is 10.2 Å². The number of benzene rings is 1. The number of piperidine rings is 1. The standard InChI is InChI=1S/C17H26N2O3/c1-13-7-6-8-14(2)16(13)18-17(21)22-12-15(20)11-19-9-4-3-5-10-19/h6-8,15,20H,3-5,9-12H2,1-2H3,(H,18,21). The molecule has 1 aliphatic rings. The Kier molecular flexibility index (Phi) is 6.21. The molecular weight excluding hydrogens is 280 g/mol. The number of nitrogens with one attached hydrogen (secondary N) is 1. The van der Waals surface area contributed by atoms with Gasteiger partial charge in [-0.1, -0.05) is 24.6 Å². The Morgan fingerprint density at radius 1 is 1.27 bits per heavy atom. The number of anilines is 1. The molecule has 1 atom stereocenters. The van der Waals surface area contributed by atoms with Crippen LogP contribution in [0, 0.1) is 13.8 Å². The molecule has 0 spiro atoms. The maximum absolute atomic E-state index is 11.9. The van der Waals surface area contributed by atoms with E-state index in [4.69, 9.17) is 4.74 Å². The molecule has 1 unspecified atom stereocenters. The molecule has 1 aromatic rings. The molecule has 22 heavy (non-hydrogen) atoms. The number of hydrogen-bond acceptors (Lipinski definition) is 4. The molecule has 0 saturated carbocycles. The molecule has 0 bridgehead atoms. The molecule has 1 amide bonds. The van der Waals surface area contributed by atoms with Gasteiger partial charge in [-0.3, -0.25) is 5.32 Å². The molecule has 0 radical (unpaired) electrons. The van der Waals surface area contributed by atoms with Crippen molar-refractivity contribution in [1.82, 2.24) is 4.90 Å². The summed E-state index contributed by atoms with van der Waals surface area (Å²) in [6, 6.07) is 5.82. The van der Waals surface area contributed by atoms with Crippen LogP contribution < -0.4 is 5.32 Å². The van der Waals surface area contributed by atoms with Gasteiger partial charge in [0, 0.05) is 12.2 Å². The maximum Gasteiger partial charge on any atom is 0.411 e. The van der Waals surface area contributed by atoms with E-state index >= 15 is 0 Å². The van der Waals surface area contributed by atoms with Crippen molar-refractivity contribution in [2.75, 3.05) is 31.6 Å². The number of carbonyl (C=O) groups excluding carboxylic acids is 1. The Balaban J connectivity index is 1.75. The molecule has 1 heterocycles. The van der Waals surface area contributed by atoms with Gasteiger partial charge in [-0.2, -0.15) is 0 Å². The van der Waals surface area contributed by atoms with Crippen molar-refractivity contribution in [2.45, 2.75) is 39.2 Å². The Morgan fingerprint density at radius 3 is 2.55 bits per heavy atom. The van der Waals surface area contributed by atoms with E-state index in [1.807, 2.05) is 32.0 Å². The van der Waals surface area contributed by atoms with Gasteiger partial charge >= 0.3 is 6.09 Å². The van der Waals surface area contributed by atoms with Gasteiger partial charge in [-0.05, 0) is 50.9 Å². The van der Waals surface area contributed by atoms with Crippen LogP contribution in [0.25, 0.3) is 0 Å². The number of hydrogen-bond donors (Lipinski definition) is 2. The zero-order valence-electron chi connectivity index (χ0n) is 13.5. The molecule has 0 aliphatic carbocycles. The van der Waals surface area contributed by atoms with Crippen LogP contribution in [0.2, 0.25) is 0 Å². The first-order valence-electron chi connectivity index (χ1n) is 7.96. The minimum Gasteiger partial charge on any atom is -0.447 e. The van der Waals surface area contributed by atoms with E-state index in [0.717, 1.165) is 29.9 Å². The van der Waals surface area contributed by atoms with Crippen molar-refractivity contribution < 1.29 is 14.6 Å². The zero-order chi connectivity index (χ0) is 15.9. The third-order valence-electron chi connectivity index (χ3n) is 4.03. The number of β-amino-alcohol motifs (C(OH)–C–C–N with tert-alkyl or cyclic N) is 1. The summed E-state index contributed by atoms with van der Waals surface area (Å²) < 4.78 is 5.13. The van der Waals surface area contributed by atoms with Crippen LogP contribution >= 0.6 is 0 Å². The highest BCUT2D eigenvalue weighted by molar-refractivity contribution is 5.86. The largest absolute Gasteiger partial charge is 0.447 e. The topological polar surface area (TPSA) is 61.8 Å². The Morgan fingerprint density at radius 2 is 1.91 bits per heavy atom. The summed E-state index contributed by atoms with van der Waals surface area (Å²) in [6.07, 6.45) is 2.47. The lowest BCUT2D eigenvalue weighted by atomic mass is 10.1. The number of aliphatic hydroxyl groups excluding tert-OH is 1. The van der Waals surface area contributed by atoms with Crippen LogP contribution in [-0.4, -0.2) is 48.4 Å². The summed E-state index contributed by atoms with van der Waals surface area (Å²) in [5, 5.41) is 12.7. The van der Waals surface area contributed by atoms with Crippen LogP contribution in [0.4, 0.5) is 10.5 Å². The van der Waals surface area contributed by atoms with E-state index in [9.17, 15) is 9.90 Å². The highest BCUT2D eigenvalue weighted by atomic mass is 16.6. The highest BCUT2D eigenvalue weighted by Gasteiger charge is 2.16. The van der Waals surface area contributed by atoms with E-state index in [0.29, 0.717) is 6.54 Å². The van der Waals surface area contributed by atoms with Crippen LogP contribution in [0.1, 0.15) is 30.4 Å². The van der Waals surface area contributed by atoms with Crippen molar-refractivity contribution in [1.29, 1.82) is 0 Å². The third kappa shape index (κ3) is 5.00. The van der Waals surface area contributed by atoms with Crippen LogP contribution in [0.3, 0.4) is 0 Å². The molecule has 2 rings (SSSR count). The van der Waals surface area contributed by atoms with Crippen molar-refractivity contribution >= 4 is 11.8 Å². The van der Waals surface area contributed by atoms with Gasteiger partial charge in [0.1, 0.15) is 12.7 Å². The summed E-state index contributed by atoms with van der Waals surface area (Å²) in [5.74, 6) is 0. The average Bonchev–Trinajstić information content (AvgIpc) is 2.50. The number of nitrogens with zero attached hydrogens (tertiary/aromatic N) is 1. The first-order chi connectivity index (χ1) is 10.6. The molecule has 5 nitrogen and oxygen atoms in total. The van der Waals surface area contributed by atoms with Crippen molar-refractivity contribution in [3.05, 3.63) is 29.3 Å². The highest BCUT2D eigenvalue weighted by Crippen LogP contribution is 2.19. The van der Waals surface area contributed by atoms with Gasteiger partial charge in [0.05, 0.1) is 0 Å². The van der Waals surface area contributed by atoms with Crippen LogP contribution in [0.5, 0.6) is 0 Å². The normalized spacial score (nSPS) is 17.0. The number of carbonyl (C=O) groups is 1. The average molecular weight is 306 g/mol. The molecule has 2 N–H and O–H groups in total. The SMILES string of the molecule is Cc1cccc(C)c1NC(=O)OCC(O)CN1CCCCC1. The van der Waals surface area contributed by atoms with E-state index in [1.165, 1.54) is 19.3 Å². The smallest absolute Gasteiger partial charge is 0.411 e. The van der Waals surface area contributed by atoms with E-state index in [-0.39, 0.29) is 6.61 Å². The number of rotatable bonds is 5. The Labute approximate surface area is 132 Å². The summed E-state index contributed by atoms with van der Waals surface area (Å²) in [4.78, 5) is 14.1. The summed E-state index contributed by atoms with van der Waals surface area (Å²) >= 11 is 0. The van der Waals surface area contributed by atoms with Crippen molar-refractivity contribution in [3.63, 3.8) is 0 Å². The van der Waals surface area contributed by atoms with Crippen molar-refractivity contribution in [2.24, 2.45) is 0 Å². The number of likely N-dealkylation sites (tertiary alicyclic amines) is 1. The predicted octanol–water partition coefficient (Wildman–Crippen LogP) is 2.70. The molecule has 1 aromatic carbocycles. The lowest BCUT2D eigenvalue weighted by Crippen LogP contribution is -2.38. The summed E-state index contributed by atoms with van der Waals surface area (Å²) in [6.45, 7) is 6.50. The van der Waals surface area contributed by atoms with Gasteiger partial charge in [-0.15, -0.1) is 0 Å². The second-order valence-electron chi connectivity index (χ2n) is 6.01. The number of aliphatic hydroxyl groups is 1. The minimum absolute atomic E-state index is 0.0211. The van der Waals surface area contributed by atoms with Gasteiger partial charge in [0.2, 0.25) is 0 Å². The Hall–Kier alpha value is -1.59. The third-order valence-corrected chi connectivity index (χ3v) is 4.03. The summed E-state index contributed by atoms with van der Waals surface area (Å²) in [5.41, 5.74) is 2.76. The first-order valence-corrected chi connectivity index (χ1v) is 7.96. The van der Waals surface area contributed by atoms with Gasteiger partial charge in [-0.25, -0.2) is 4.79 Å². The minimum atomic E-state index is -0.637. The molecule has 122 valence electrons. The van der Waals surface area contributed by atoms with Crippen LogP contribution in [-0.2, 0) is 4.74 Å². The number of ether oxygens (including phenoxy) is 1. The monoisotopic (exact) mass is 306 g/mol. The van der Waals surface area contributed by atoms with Gasteiger partial charge in [0.15, 0.2) is 0 Å². The fourth-order valence-electron chi connectivity index (χ4n) is 2.81. The maximum atomic E-state index is 11.9. The second-order valence-corrected chi connectivity index (χ2v) is 6.01. The predicted molar refractivity (Wildman–Crippen MR) is 87.2 cm³/mol. The molecule has 5 heteroatoms. The Bertz CT molecular complexity index is 478. The first kappa shape index (κ1) is 16.8. The lowest BCUT2D eigenvalue weighted by Gasteiger charge is -2.28. The molecule has 1 aliphatic heterocycles. The van der Waals surface area contributed by atoms with Crippen LogP contribution in [0.15, 0.2) is 18.2 Å². The van der Waals surface area contributed by atoms with Gasteiger partial charge < -0.3 is 14.7 Å². The molecular formula is C17H26N2O3. The molecule has 1 fully saturated rings. The number of amides is 1. The second kappa shape index (κ2) is 8.15.